The molecule has 0 bridgehead atoms. The standard InChI is InChI=1S/C15H19NO.C13H15NO3.C7H13ClO.C2H6B.CH4O.CH3O.CH4.2Na.H/c1-3-14-11(2)10-15(17-14)16-9-8-12-6-4-5-7-13(12)16;15-8-12-11(16)7-13(17-12)14-6-5-9-3-1-2-4-10(9)14;1-3-6-5(2)4-7(8)9-6;1-3-2;2*1-2;;;;/h4-9,11,14-15H,3,10H2,1-2H3;1-6,11-13,15-16H,7-8H2;5-7H,3-4H2,1-2H3;1-2H3;2H,1H3;1H3;1H4;;;/q;;;;;-1;;2*+1;-1/t11?,14-,15-;11?,12-,13-;5?,6-,7+;;;;;;;/m111......./s1. The maximum absolute atomic E-state index is 9.73. The molecule has 3 aliphatic heterocycles. The van der Waals surface area contributed by atoms with Gasteiger partial charge in [0.2, 0.25) is 0 Å². The monoisotopic (exact) mass is 777 g/mol. The molecule has 4 aromatic rings. The second-order valence-corrected chi connectivity index (χ2v) is 13.2. The number of nitrogens with zero attached hydrogens (tertiary/aromatic N) is 2. The Morgan fingerprint density at radius 1 is 0.736 bits per heavy atom. The van der Waals surface area contributed by atoms with Crippen LogP contribution in [0.15, 0.2) is 73.1 Å². The Kier molecular flexibility index (Phi) is 30.7. The largest absolute Gasteiger partial charge is 1.00 e. The fourth-order valence-electron chi connectivity index (χ4n) is 6.62. The van der Waals surface area contributed by atoms with Crippen LogP contribution in [-0.4, -0.2) is 82.5 Å². The van der Waals surface area contributed by atoms with Crippen molar-refractivity contribution in [3.05, 3.63) is 73.1 Å². The molecule has 2 aromatic heterocycles. The molecule has 3 N–H and O–H groups in total. The summed E-state index contributed by atoms with van der Waals surface area (Å²) < 4.78 is 21.5. The van der Waals surface area contributed by atoms with Gasteiger partial charge in [-0.15, -0.1) is 0 Å². The maximum Gasteiger partial charge on any atom is 1.00 e. The first-order chi connectivity index (χ1) is 24.2. The van der Waals surface area contributed by atoms with Gasteiger partial charge in [0.05, 0.1) is 36.0 Å². The second-order valence-electron chi connectivity index (χ2n) is 12.7. The van der Waals surface area contributed by atoms with Crippen LogP contribution < -0.4 is 64.2 Å². The summed E-state index contributed by atoms with van der Waals surface area (Å²) in [7, 11) is 3.75. The summed E-state index contributed by atoms with van der Waals surface area (Å²) >= 11 is 5.76. The van der Waals surface area contributed by atoms with Crippen LogP contribution in [0.4, 0.5) is 0 Å². The Morgan fingerprint density at radius 2 is 1.13 bits per heavy atom. The van der Waals surface area contributed by atoms with Crippen molar-refractivity contribution in [3.63, 3.8) is 0 Å². The summed E-state index contributed by atoms with van der Waals surface area (Å²) in [4.78, 5) is 0. The Labute approximate surface area is 371 Å². The molecule has 2 aromatic carbocycles. The van der Waals surface area contributed by atoms with Crippen LogP contribution in [0, 0.1) is 11.8 Å². The minimum absolute atomic E-state index is 0. The zero-order chi connectivity index (χ0) is 37.2. The first kappa shape index (κ1) is 54.7. The molecular formula is C40H65BClN2Na2O7. The van der Waals surface area contributed by atoms with E-state index >= 15 is 0 Å². The third kappa shape index (κ3) is 15.8. The SMILES string of the molecule is C.CC[C@H]1O[C@@H](n2ccc3ccccc32)CC1C.CC[C@H]1O[C@H](Cl)CC1C.CO.C[B]C.C[O-].OC[C@H]1O[C@@H](n2ccc3ccccc32)CC1O.[H-].[Na+].[Na+]. The van der Waals surface area contributed by atoms with Gasteiger partial charge in [0.1, 0.15) is 31.4 Å². The Morgan fingerprint density at radius 3 is 1.49 bits per heavy atom. The molecule has 289 valence electrons. The third-order valence-electron chi connectivity index (χ3n) is 9.12. The van der Waals surface area contributed by atoms with Crippen LogP contribution in [-0.2, 0) is 14.2 Å². The van der Waals surface area contributed by atoms with E-state index in [0.717, 1.165) is 50.8 Å². The van der Waals surface area contributed by atoms with E-state index in [2.05, 4.69) is 68.8 Å². The number of aliphatic hydroxyl groups is 3. The van der Waals surface area contributed by atoms with E-state index in [-0.39, 0.29) is 92.6 Å². The molecule has 3 fully saturated rings. The third-order valence-corrected chi connectivity index (χ3v) is 9.40. The van der Waals surface area contributed by atoms with Crippen LogP contribution in [0.5, 0.6) is 0 Å². The van der Waals surface area contributed by atoms with Gasteiger partial charge in [0, 0.05) is 25.9 Å². The fourth-order valence-corrected chi connectivity index (χ4v) is 7.04. The summed E-state index contributed by atoms with van der Waals surface area (Å²) in [5.74, 6) is 1.31. The molecule has 3 saturated heterocycles. The number of benzene rings is 2. The van der Waals surface area contributed by atoms with Gasteiger partial charge in [-0.25, -0.2) is 0 Å². The predicted octanol–water partition coefficient (Wildman–Crippen LogP) is 1.77. The van der Waals surface area contributed by atoms with E-state index < -0.39 is 12.2 Å². The first-order valence-corrected chi connectivity index (χ1v) is 18.3. The van der Waals surface area contributed by atoms with Gasteiger partial charge in [-0.1, -0.05) is 96.8 Å². The Balaban J connectivity index is -0.000000665. The number of halogens is 1. The van der Waals surface area contributed by atoms with Crippen LogP contribution in [0.2, 0.25) is 13.6 Å². The van der Waals surface area contributed by atoms with E-state index in [9.17, 15) is 5.11 Å². The number of hydrogen-bond acceptors (Lipinski definition) is 7. The topological polar surface area (TPSA) is 121 Å². The van der Waals surface area contributed by atoms with Crippen LogP contribution in [0.1, 0.15) is 81.1 Å². The van der Waals surface area contributed by atoms with Crippen LogP contribution in [0.3, 0.4) is 0 Å². The van der Waals surface area contributed by atoms with Gasteiger partial charge in [0.15, 0.2) is 0 Å². The van der Waals surface area contributed by atoms with Gasteiger partial charge in [-0.2, -0.15) is 7.11 Å². The number of ether oxygens (including phenoxy) is 3. The smallest absolute Gasteiger partial charge is 1.00 e. The molecule has 0 saturated carbocycles. The quantitative estimate of drug-likeness (QED) is 0.209. The number of aromatic nitrogens is 2. The van der Waals surface area contributed by atoms with Crippen LogP contribution >= 0.6 is 11.6 Å². The summed E-state index contributed by atoms with van der Waals surface area (Å²) in [5, 5.41) is 36.5. The van der Waals surface area contributed by atoms with Crippen molar-refractivity contribution in [2.75, 3.05) is 20.8 Å². The van der Waals surface area contributed by atoms with Gasteiger partial charge >= 0.3 is 59.1 Å². The second kappa shape index (κ2) is 29.8. The summed E-state index contributed by atoms with van der Waals surface area (Å²) in [6.07, 6.45) is 8.75. The van der Waals surface area contributed by atoms with Crippen molar-refractivity contribution in [2.24, 2.45) is 11.8 Å². The molecule has 7 rings (SSSR count). The summed E-state index contributed by atoms with van der Waals surface area (Å²) in [6.45, 7) is 12.7. The summed E-state index contributed by atoms with van der Waals surface area (Å²) in [6, 6.07) is 20.7. The number of alkyl halides is 1. The molecule has 9 atom stereocenters. The normalized spacial score (nSPS) is 26.5. The molecule has 3 unspecified atom stereocenters. The minimum Gasteiger partial charge on any atom is -1.00 e. The van der Waals surface area contributed by atoms with E-state index in [1.54, 1.807) is 0 Å². The van der Waals surface area contributed by atoms with Gasteiger partial charge < -0.3 is 45.2 Å². The van der Waals surface area contributed by atoms with E-state index in [4.69, 9.17) is 41.1 Å². The van der Waals surface area contributed by atoms with Crippen molar-refractivity contribution >= 4 is 40.7 Å². The van der Waals surface area contributed by atoms with E-state index in [1.807, 2.05) is 62.0 Å². The molecule has 13 heteroatoms. The van der Waals surface area contributed by atoms with Crippen molar-refractivity contribution in [1.29, 1.82) is 0 Å². The summed E-state index contributed by atoms with van der Waals surface area (Å²) in [5.41, 5.74) is 2.34. The number of aliphatic hydroxyl groups excluding tert-OH is 3. The molecule has 53 heavy (non-hydrogen) atoms. The Bertz CT molecular complexity index is 1390. The number of fused-ring (bicyclic) bond motifs is 2. The van der Waals surface area contributed by atoms with Gasteiger partial charge in [0.25, 0.3) is 0 Å². The molecule has 0 amide bonds. The molecular weight excluding hydrogens is 713 g/mol. The van der Waals surface area contributed by atoms with Crippen molar-refractivity contribution < 1.29 is 95.2 Å². The van der Waals surface area contributed by atoms with Crippen molar-refractivity contribution in [3.8, 4) is 0 Å². The number of hydrogen-bond donors (Lipinski definition) is 3. The first-order valence-electron chi connectivity index (χ1n) is 17.8. The molecule has 9 nitrogen and oxygen atoms in total. The maximum atomic E-state index is 9.73. The Hall–Kier alpha value is -0.405. The zero-order valence-electron chi connectivity index (χ0n) is 34.2. The molecule has 0 spiro atoms. The number of rotatable bonds is 5. The van der Waals surface area contributed by atoms with Crippen LogP contribution in [0.25, 0.3) is 21.8 Å². The van der Waals surface area contributed by atoms with Crippen molar-refractivity contribution in [2.45, 2.75) is 123 Å². The van der Waals surface area contributed by atoms with Crippen molar-refractivity contribution in [1.82, 2.24) is 9.13 Å². The zero-order valence-corrected chi connectivity index (χ0v) is 37.9. The predicted molar refractivity (Wildman–Crippen MR) is 211 cm³/mol. The van der Waals surface area contributed by atoms with E-state index in [0.29, 0.717) is 30.5 Å². The molecule has 3 aliphatic rings. The average molecular weight is 778 g/mol. The van der Waals surface area contributed by atoms with E-state index in [1.165, 1.54) is 10.9 Å². The molecule has 5 heterocycles. The molecule has 0 aliphatic carbocycles. The minimum atomic E-state index is -0.592. The van der Waals surface area contributed by atoms with Gasteiger partial charge in [-0.05, 0) is 72.6 Å². The van der Waals surface area contributed by atoms with Gasteiger partial charge in [-0.3, -0.25) is 0 Å². The number of para-hydroxylation sites is 2. The molecule has 1 radical (unpaired) electrons. The fraction of sp³-hybridized carbons (Fsp3) is 0.600. The average Bonchev–Trinajstić information content (AvgIpc) is 3.97.